The van der Waals surface area contributed by atoms with Gasteiger partial charge >= 0.3 is 0 Å². The van der Waals surface area contributed by atoms with E-state index in [9.17, 15) is 4.79 Å². The Morgan fingerprint density at radius 2 is 1.61 bits per heavy atom. The average molecular weight is 398 g/mol. The van der Waals surface area contributed by atoms with Crippen molar-refractivity contribution in [1.29, 1.82) is 0 Å². The van der Waals surface area contributed by atoms with Gasteiger partial charge in [0, 0.05) is 55.4 Å². The molecule has 2 atom stereocenters. The Bertz CT molecular complexity index is 830. The molecule has 2 aromatic rings. The molecule has 0 aromatic heterocycles. The van der Waals surface area contributed by atoms with E-state index in [4.69, 9.17) is 11.6 Å². The molecule has 2 aliphatic heterocycles. The molecular formula is C23H28ClN3O. The number of anilines is 1. The lowest BCUT2D eigenvalue weighted by Gasteiger charge is -2.35. The van der Waals surface area contributed by atoms with E-state index in [1.54, 1.807) is 0 Å². The monoisotopic (exact) mass is 397 g/mol. The molecule has 1 amide bonds. The van der Waals surface area contributed by atoms with Gasteiger partial charge in [0.25, 0.3) is 0 Å². The van der Waals surface area contributed by atoms with Crippen LogP contribution in [0, 0.1) is 0 Å². The number of halogens is 1. The molecule has 0 N–H and O–H groups in total. The second kappa shape index (κ2) is 8.24. The fraction of sp³-hybridized carbons (Fsp3) is 0.435. The van der Waals surface area contributed by atoms with E-state index in [-0.39, 0.29) is 11.9 Å². The Morgan fingerprint density at radius 3 is 2.32 bits per heavy atom. The molecule has 28 heavy (non-hydrogen) atoms. The van der Waals surface area contributed by atoms with Crippen molar-refractivity contribution in [3.63, 3.8) is 0 Å². The molecule has 4 rings (SSSR count). The molecule has 2 aliphatic rings. The second-order valence-electron chi connectivity index (χ2n) is 8.03. The number of para-hydroxylation sites is 1. The maximum absolute atomic E-state index is 13.1. The van der Waals surface area contributed by atoms with Crippen LogP contribution in [0.5, 0.6) is 0 Å². The number of hydrogen-bond donors (Lipinski definition) is 0. The summed E-state index contributed by atoms with van der Waals surface area (Å²) in [5, 5.41) is 0.777. The lowest BCUT2D eigenvalue weighted by molar-refractivity contribution is -0.120. The van der Waals surface area contributed by atoms with Gasteiger partial charge in [-0.1, -0.05) is 48.9 Å². The second-order valence-corrected chi connectivity index (χ2v) is 8.47. The summed E-state index contributed by atoms with van der Waals surface area (Å²) in [6, 6.07) is 16.6. The third-order valence-electron chi connectivity index (χ3n) is 6.23. The van der Waals surface area contributed by atoms with Crippen molar-refractivity contribution >= 4 is 23.2 Å². The summed E-state index contributed by atoms with van der Waals surface area (Å²) in [5.41, 5.74) is 3.66. The number of carbonyl (C=O) groups excluding carboxylic acids is 1. The van der Waals surface area contributed by atoms with Crippen LogP contribution in [0.25, 0.3) is 0 Å². The zero-order valence-electron chi connectivity index (χ0n) is 16.6. The van der Waals surface area contributed by atoms with Crippen molar-refractivity contribution in [2.24, 2.45) is 0 Å². The van der Waals surface area contributed by atoms with E-state index in [1.807, 2.05) is 23.1 Å². The van der Waals surface area contributed by atoms with Crippen molar-refractivity contribution in [3.8, 4) is 0 Å². The minimum Gasteiger partial charge on any atom is -0.308 e. The molecule has 0 aliphatic carbocycles. The van der Waals surface area contributed by atoms with E-state index in [2.05, 4.69) is 54.0 Å². The molecule has 5 heteroatoms. The Morgan fingerprint density at radius 1 is 0.964 bits per heavy atom. The van der Waals surface area contributed by atoms with Crippen molar-refractivity contribution in [2.75, 3.05) is 37.6 Å². The van der Waals surface area contributed by atoms with Gasteiger partial charge in [-0.15, -0.1) is 0 Å². The number of nitrogens with zero attached hydrogens (tertiary/aromatic N) is 3. The normalized spacial score (nSPS) is 23.0. The molecule has 2 heterocycles. The first kappa shape index (κ1) is 19.4. The quantitative estimate of drug-likeness (QED) is 0.780. The fourth-order valence-corrected chi connectivity index (χ4v) is 4.50. The molecule has 0 unspecified atom stereocenters. The molecule has 148 valence electrons. The molecule has 4 nitrogen and oxygen atoms in total. The van der Waals surface area contributed by atoms with Crippen LogP contribution < -0.4 is 4.90 Å². The molecule has 0 spiro atoms. The summed E-state index contributed by atoms with van der Waals surface area (Å²) < 4.78 is 0. The third kappa shape index (κ3) is 3.95. The molecule has 1 fully saturated rings. The van der Waals surface area contributed by atoms with Gasteiger partial charge in [0.05, 0.1) is 6.54 Å². The smallest absolute Gasteiger partial charge is 0.241 e. The van der Waals surface area contributed by atoms with E-state index in [0.29, 0.717) is 12.5 Å². The number of carbonyl (C=O) groups is 1. The lowest BCUT2D eigenvalue weighted by Crippen LogP contribution is -2.50. The van der Waals surface area contributed by atoms with E-state index < -0.39 is 0 Å². The minimum atomic E-state index is 0.218. The lowest BCUT2D eigenvalue weighted by atomic mass is 9.98. The van der Waals surface area contributed by atoms with Crippen molar-refractivity contribution < 1.29 is 4.79 Å². The Kier molecular flexibility index (Phi) is 5.72. The fourth-order valence-electron chi connectivity index (χ4n) is 4.38. The SMILES string of the molecule is C[C@H]1c2ccccc2N(C(=O)CN2CCN(Cc3ccc(Cl)cc3)CC2)[C@H]1C. The Hall–Kier alpha value is -1.88. The number of rotatable bonds is 4. The van der Waals surface area contributed by atoms with E-state index >= 15 is 0 Å². The van der Waals surface area contributed by atoms with Crippen LogP contribution in [0.2, 0.25) is 5.02 Å². The highest BCUT2D eigenvalue weighted by molar-refractivity contribution is 6.30. The van der Waals surface area contributed by atoms with Crippen LogP contribution in [0.3, 0.4) is 0 Å². The first-order valence-electron chi connectivity index (χ1n) is 10.1. The molecule has 2 aromatic carbocycles. The number of hydrogen-bond acceptors (Lipinski definition) is 3. The highest BCUT2D eigenvalue weighted by atomic mass is 35.5. The van der Waals surface area contributed by atoms with Crippen LogP contribution in [0.4, 0.5) is 5.69 Å². The predicted octanol–water partition coefficient (Wildman–Crippen LogP) is 4.00. The van der Waals surface area contributed by atoms with Crippen LogP contribution >= 0.6 is 11.6 Å². The summed E-state index contributed by atoms with van der Waals surface area (Å²) in [5.74, 6) is 0.604. The molecule has 1 saturated heterocycles. The summed E-state index contributed by atoms with van der Waals surface area (Å²) >= 11 is 5.97. The summed E-state index contributed by atoms with van der Waals surface area (Å²) in [6.07, 6.45) is 0. The van der Waals surface area contributed by atoms with Crippen LogP contribution in [-0.4, -0.2) is 54.5 Å². The van der Waals surface area contributed by atoms with Crippen LogP contribution in [0.15, 0.2) is 48.5 Å². The Labute approximate surface area is 172 Å². The van der Waals surface area contributed by atoms with Crippen molar-refractivity contribution in [1.82, 2.24) is 9.80 Å². The van der Waals surface area contributed by atoms with Crippen LogP contribution in [0.1, 0.15) is 30.9 Å². The van der Waals surface area contributed by atoms with Gasteiger partial charge in [0.15, 0.2) is 0 Å². The van der Waals surface area contributed by atoms with Crippen LogP contribution in [-0.2, 0) is 11.3 Å². The summed E-state index contributed by atoms with van der Waals surface area (Å²) in [7, 11) is 0. The standard InChI is InChI=1S/C23H28ClN3O/c1-17-18(2)27(22-6-4-3-5-21(17)22)23(28)16-26-13-11-25(12-14-26)15-19-7-9-20(24)10-8-19/h3-10,17-18H,11-16H2,1-2H3/t17-,18+/m1/s1. The number of amides is 1. The first-order valence-corrected chi connectivity index (χ1v) is 10.5. The number of piperazine rings is 1. The highest BCUT2D eigenvalue weighted by Gasteiger charge is 2.36. The van der Waals surface area contributed by atoms with Gasteiger partial charge in [0.2, 0.25) is 5.91 Å². The van der Waals surface area contributed by atoms with Gasteiger partial charge in [-0.25, -0.2) is 0 Å². The topological polar surface area (TPSA) is 26.8 Å². The molecule has 0 bridgehead atoms. The van der Waals surface area contributed by atoms with Crippen molar-refractivity contribution in [2.45, 2.75) is 32.4 Å². The minimum absolute atomic E-state index is 0.218. The average Bonchev–Trinajstić information content (AvgIpc) is 2.96. The number of benzene rings is 2. The van der Waals surface area contributed by atoms with Gasteiger partial charge in [-0.2, -0.15) is 0 Å². The number of fused-ring (bicyclic) bond motifs is 1. The van der Waals surface area contributed by atoms with E-state index in [1.165, 1.54) is 11.1 Å². The van der Waals surface area contributed by atoms with Gasteiger partial charge in [0.1, 0.15) is 0 Å². The summed E-state index contributed by atoms with van der Waals surface area (Å²) in [6.45, 7) is 9.64. The first-order chi connectivity index (χ1) is 13.5. The van der Waals surface area contributed by atoms with Gasteiger partial charge in [-0.3, -0.25) is 14.6 Å². The van der Waals surface area contributed by atoms with Crippen molar-refractivity contribution in [3.05, 3.63) is 64.7 Å². The maximum Gasteiger partial charge on any atom is 0.241 e. The largest absolute Gasteiger partial charge is 0.308 e. The van der Waals surface area contributed by atoms with Gasteiger partial charge in [-0.05, 0) is 36.2 Å². The zero-order chi connectivity index (χ0) is 19.7. The Balaban J connectivity index is 1.32. The third-order valence-corrected chi connectivity index (χ3v) is 6.48. The zero-order valence-corrected chi connectivity index (χ0v) is 17.4. The predicted molar refractivity (Wildman–Crippen MR) is 115 cm³/mol. The molecule has 0 radical (unpaired) electrons. The highest BCUT2D eigenvalue weighted by Crippen LogP contribution is 2.40. The van der Waals surface area contributed by atoms with E-state index in [0.717, 1.165) is 43.4 Å². The maximum atomic E-state index is 13.1. The molecular weight excluding hydrogens is 370 g/mol. The molecule has 0 saturated carbocycles. The summed E-state index contributed by atoms with van der Waals surface area (Å²) in [4.78, 5) is 19.8. The van der Waals surface area contributed by atoms with Gasteiger partial charge < -0.3 is 4.90 Å².